The summed E-state index contributed by atoms with van der Waals surface area (Å²) in [6, 6.07) is 0. The number of thiocarbonyl (C=S) groups is 1. The smallest absolute Gasteiger partial charge is 0.429 e. The summed E-state index contributed by atoms with van der Waals surface area (Å²) >= 11 is 4.97. The molecule has 2 amide bonds. The van der Waals surface area contributed by atoms with Crippen molar-refractivity contribution in [2.24, 2.45) is 0 Å². The van der Waals surface area contributed by atoms with Crippen LogP contribution in [0.5, 0.6) is 0 Å². The van der Waals surface area contributed by atoms with Crippen molar-refractivity contribution in [1.82, 2.24) is 10.0 Å². The van der Waals surface area contributed by atoms with Gasteiger partial charge < -0.3 is 9.47 Å². The molecule has 0 bridgehead atoms. The van der Waals surface area contributed by atoms with E-state index in [4.69, 9.17) is 21.7 Å². The minimum atomic E-state index is -0.639. The molecular weight excluding hydrogens is 280 g/mol. The van der Waals surface area contributed by atoms with Gasteiger partial charge in [0.2, 0.25) is 0 Å². The van der Waals surface area contributed by atoms with E-state index in [1.165, 1.54) is 23.3 Å². The quantitative estimate of drug-likeness (QED) is 0.742. The second-order valence-electron chi connectivity index (χ2n) is 5.29. The van der Waals surface area contributed by atoms with E-state index in [1.807, 2.05) is 0 Å². The highest BCUT2D eigenvalue weighted by Crippen LogP contribution is 2.15. The summed E-state index contributed by atoms with van der Waals surface area (Å²) in [4.78, 5) is 24.7. The lowest BCUT2D eigenvalue weighted by Crippen LogP contribution is -2.51. The first-order chi connectivity index (χ1) is 9.24. The predicted octanol–water partition coefficient (Wildman–Crippen LogP) is 1.90. The van der Waals surface area contributed by atoms with Gasteiger partial charge in [-0.3, -0.25) is 4.79 Å². The van der Waals surface area contributed by atoms with Crippen LogP contribution in [0.4, 0.5) is 4.79 Å². The van der Waals surface area contributed by atoms with Gasteiger partial charge in [-0.1, -0.05) is 12.2 Å². The fourth-order valence-corrected chi connectivity index (χ4v) is 1.70. The lowest BCUT2D eigenvalue weighted by Gasteiger charge is -2.34. The molecule has 0 saturated heterocycles. The van der Waals surface area contributed by atoms with Gasteiger partial charge in [0.25, 0.3) is 5.91 Å². The Morgan fingerprint density at radius 3 is 2.65 bits per heavy atom. The largest absolute Gasteiger partial charge is 0.442 e. The van der Waals surface area contributed by atoms with Crippen molar-refractivity contribution in [3.05, 3.63) is 12.3 Å². The summed E-state index contributed by atoms with van der Waals surface area (Å²) in [7, 11) is 1.52. The maximum absolute atomic E-state index is 12.2. The van der Waals surface area contributed by atoms with E-state index in [-0.39, 0.29) is 18.9 Å². The van der Waals surface area contributed by atoms with Crippen molar-refractivity contribution < 1.29 is 19.1 Å². The molecule has 0 aliphatic carbocycles. The SMILES string of the molecule is COCCN(C(=O)OC(C)(C)C)N1C=CC(=S)CC1=O. The fraction of sp³-hybridized carbons (Fsp3) is 0.615. The maximum atomic E-state index is 12.2. The van der Waals surface area contributed by atoms with E-state index in [1.54, 1.807) is 26.8 Å². The number of methoxy groups -OCH3 is 1. The van der Waals surface area contributed by atoms with Crippen LogP contribution in [0.25, 0.3) is 0 Å². The lowest BCUT2D eigenvalue weighted by molar-refractivity contribution is -0.141. The number of hydrogen-bond donors (Lipinski definition) is 0. The zero-order valence-electron chi connectivity index (χ0n) is 12.2. The Bertz CT molecular complexity index is 429. The molecule has 1 aliphatic rings. The van der Waals surface area contributed by atoms with E-state index in [2.05, 4.69) is 0 Å². The monoisotopic (exact) mass is 300 g/mol. The van der Waals surface area contributed by atoms with E-state index in [9.17, 15) is 9.59 Å². The minimum absolute atomic E-state index is 0.109. The standard InChI is InChI=1S/C13H20N2O4S/c1-13(2,3)19-12(17)15(7-8-18-4)14-6-5-10(20)9-11(14)16/h5-6H,7-9H2,1-4H3. The van der Waals surface area contributed by atoms with Crippen LogP contribution >= 0.6 is 12.2 Å². The fourth-order valence-electron chi connectivity index (χ4n) is 1.52. The lowest BCUT2D eigenvalue weighted by atomic mass is 10.2. The molecule has 1 heterocycles. The number of hydrazine groups is 1. The average molecular weight is 300 g/mol. The molecular formula is C13H20N2O4S. The van der Waals surface area contributed by atoms with Crippen LogP contribution in [0.3, 0.4) is 0 Å². The van der Waals surface area contributed by atoms with Crippen LogP contribution in [0, 0.1) is 0 Å². The Morgan fingerprint density at radius 2 is 2.15 bits per heavy atom. The molecule has 1 aliphatic heterocycles. The van der Waals surface area contributed by atoms with E-state index in [0.29, 0.717) is 11.5 Å². The molecule has 0 fully saturated rings. The molecule has 0 unspecified atom stereocenters. The Morgan fingerprint density at radius 1 is 1.50 bits per heavy atom. The van der Waals surface area contributed by atoms with Gasteiger partial charge in [0.1, 0.15) is 5.60 Å². The zero-order valence-corrected chi connectivity index (χ0v) is 13.0. The van der Waals surface area contributed by atoms with Gasteiger partial charge in [-0.2, -0.15) is 0 Å². The van der Waals surface area contributed by atoms with Gasteiger partial charge in [-0.25, -0.2) is 14.8 Å². The number of nitrogens with zero attached hydrogens (tertiary/aromatic N) is 2. The topological polar surface area (TPSA) is 59.1 Å². The first-order valence-corrected chi connectivity index (χ1v) is 6.68. The third-order valence-corrected chi connectivity index (χ3v) is 2.63. The Balaban J connectivity index is 2.88. The number of ether oxygens (including phenoxy) is 2. The second-order valence-corrected chi connectivity index (χ2v) is 5.82. The molecule has 6 nitrogen and oxygen atoms in total. The summed E-state index contributed by atoms with van der Waals surface area (Å²) in [5.41, 5.74) is -0.639. The highest BCUT2D eigenvalue weighted by molar-refractivity contribution is 7.80. The normalized spacial score (nSPS) is 15.5. The van der Waals surface area contributed by atoms with Crippen LogP contribution in [0.2, 0.25) is 0 Å². The molecule has 0 radical (unpaired) electrons. The van der Waals surface area contributed by atoms with Crippen molar-refractivity contribution in [1.29, 1.82) is 0 Å². The van der Waals surface area contributed by atoms with Gasteiger partial charge >= 0.3 is 6.09 Å². The summed E-state index contributed by atoms with van der Waals surface area (Å²) in [5, 5.41) is 2.44. The number of carbonyl (C=O) groups excluding carboxylic acids is 2. The first kappa shape index (κ1) is 16.6. The van der Waals surface area contributed by atoms with Gasteiger partial charge in [-0.05, 0) is 26.8 Å². The Hall–Kier alpha value is -1.47. The first-order valence-electron chi connectivity index (χ1n) is 6.27. The van der Waals surface area contributed by atoms with E-state index < -0.39 is 11.7 Å². The molecule has 0 atom stereocenters. The molecule has 1 rings (SSSR count). The number of carbonyl (C=O) groups is 2. The number of amides is 2. The van der Waals surface area contributed by atoms with Crippen molar-refractivity contribution in [3.63, 3.8) is 0 Å². The molecule has 20 heavy (non-hydrogen) atoms. The molecule has 0 aromatic carbocycles. The molecule has 0 aromatic heterocycles. The van der Waals surface area contributed by atoms with Crippen LogP contribution in [-0.2, 0) is 14.3 Å². The maximum Gasteiger partial charge on any atom is 0.429 e. The zero-order chi connectivity index (χ0) is 15.3. The molecule has 112 valence electrons. The Kier molecular flexibility index (Phi) is 5.64. The van der Waals surface area contributed by atoms with Crippen molar-refractivity contribution in [3.8, 4) is 0 Å². The van der Waals surface area contributed by atoms with Gasteiger partial charge in [-0.15, -0.1) is 0 Å². The highest BCUT2D eigenvalue weighted by atomic mass is 32.1. The number of hydrogen-bond acceptors (Lipinski definition) is 5. The van der Waals surface area contributed by atoms with Crippen LogP contribution in [-0.4, -0.2) is 52.7 Å². The van der Waals surface area contributed by atoms with Crippen LogP contribution in [0.1, 0.15) is 27.2 Å². The van der Waals surface area contributed by atoms with Crippen LogP contribution in [0.15, 0.2) is 12.3 Å². The molecule has 0 N–H and O–H groups in total. The third kappa shape index (κ3) is 4.90. The highest BCUT2D eigenvalue weighted by Gasteiger charge is 2.30. The number of rotatable bonds is 4. The predicted molar refractivity (Wildman–Crippen MR) is 78.0 cm³/mol. The van der Waals surface area contributed by atoms with Crippen LogP contribution < -0.4 is 0 Å². The van der Waals surface area contributed by atoms with Gasteiger partial charge in [0.05, 0.1) is 19.6 Å². The average Bonchev–Trinajstić information content (AvgIpc) is 2.29. The number of allylic oxidation sites excluding steroid dienone is 1. The van der Waals surface area contributed by atoms with Crippen molar-refractivity contribution in [2.45, 2.75) is 32.8 Å². The summed E-state index contributed by atoms with van der Waals surface area (Å²) in [5.74, 6) is -0.264. The third-order valence-electron chi connectivity index (χ3n) is 2.35. The van der Waals surface area contributed by atoms with Gasteiger partial charge in [0, 0.05) is 18.2 Å². The molecule has 0 aromatic rings. The van der Waals surface area contributed by atoms with Gasteiger partial charge in [0.15, 0.2) is 0 Å². The van der Waals surface area contributed by atoms with E-state index in [0.717, 1.165) is 0 Å². The minimum Gasteiger partial charge on any atom is -0.442 e. The molecule has 7 heteroatoms. The Labute approximate surface area is 124 Å². The van der Waals surface area contributed by atoms with Crippen molar-refractivity contribution in [2.75, 3.05) is 20.3 Å². The van der Waals surface area contributed by atoms with Crippen molar-refractivity contribution >= 4 is 29.1 Å². The summed E-state index contributed by atoms with van der Waals surface area (Å²) in [6.45, 7) is 5.81. The summed E-state index contributed by atoms with van der Waals surface area (Å²) in [6.07, 6.45) is 2.62. The summed E-state index contributed by atoms with van der Waals surface area (Å²) < 4.78 is 10.3. The molecule has 0 saturated carbocycles. The second kappa shape index (κ2) is 6.81. The molecule has 0 spiro atoms. The van der Waals surface area contributed by atoms with E-state index >= 15 is 0 Å².